The Kier molecular flexibility index (Phi) is 6.23. The number of para-hydroxylation sites is 2. The van der Waals surface area contributed by atoms with Crippen molar-refractivity contribution < 1.29 is 19.2 Å². The van der Waals surface area contributed by atoms with Crippen LogP contribution in [-0.4, -0.2) is 23.8 Å². The lowest BCUT2D eigenvalue weighted by atomic mass is 10.0. The van der Waals surface area contributed by atoms with Crippen LogP contribution in [0.3, 0.4) is 0 Å². The molecule has 3 rings (SSSR count). The predicted molar refractivity (Wildman–Crippen MR) is 109 cm³/mol. The molecule has 0 bridgehead atoms. The second kappa shape index (κ2) is 9.01. The van der Waals surface area contributed by atoms with Gasteiger partial charge in [-0.1, -0.05) is 24.3 Å². The summed E-state index contributed by atoms with van der Waals surface area (Å²) in [5.74, 6) is -0.365. The number of methoxy groups -OCH3 is 1. The lowest BCUT2D eigenvalue weighted by molar-refractivity contribution is -0.385. The predicted octanol–water partition coefficient (Wildman–Crippen LogP) is 4.15. The minimum atomic E-state index is -0.610. The molecule has 0 spiro atoms. The molecule has 0 aliphatic heterocycles. The number of benzene rings is 2. The van der Waals surface area contributed by atoms with Gasteiger partial charge in [-0.25, -0.2) is 0 Å². The third-order valence-electron chi connectivity index (χ3n) is 4.65. The Morgan fingerprint density at radius 3 is 2.52 bits per heavy atom. The molecule has 2 aromatic carbocycles. The van der Waals surface area contributed by atoms with E-state index in [1.807, 2.05) is 6.08 Å². The maximum Gasteiger partial charge on any atom is 0.311 e. The van der Waals surface area contributed by atoms with Crippen LogP contribution in [0, 0.1) is 16.0 Å². The largest absolute Gasteiger partial charge is 0.490 e. The second-order valence-electron chi connectivity index (χ2n) is 6.66. The number of amides is 2. The molecule has 2 amide bonds. The molecule has 0 heterocycles. The summed E-state index contributed by atoms with van der Waals surface area (Å²) in [4.78, 5) is 35.5. The van der Waals surface area contributed by atoms with Crippen molar-refractivity contribution in [2.75, 3.05) is 17.7 Å². The molecular weight excluding hydrogens is 374 g/mol. The fourth-order valence-electron chi connectivity index (χ4n) is 3.17. The molecule has 0 saturated carbocycles. The minimum Gasteiger partial charge on any atom is -0.490 e. The van der Waals surface area contributed by atoms with E-state index in [0.29, 0.717) is 17.8 Å². The van der Waals surface area contributed by atoms with Crippen LogP contribution in [0.5, 0.6) is 5.75 Å². The molecule has 0 radical (unpaired) electrons. The average Bonchev–Trinajstić information content (AvgIpc) is 3.21. The van der Waals surface area contributed by atoms with Crippen LogP contribution in [0.1, 0.15) is 29.6 Å². The summed E-state index contributed by atoms with van der Waals surface area (Å²) in [6.45, 7) is 0. The molecule has 0 saturated heterocycles. The number of hydrogen-bond acceptors (Lipinski definition) is 5. The topological polar surface area (TPSA) is 111 Å². The highest BCUT2D eigenvalue weighted by Gasteiger charge is 2.19. The normalized spacial score (nSPS) is 15.0. The maximum atomic E-state index is 12.6. The van der Waals surface area contributed by atoms with Crippen molar-refractivity contribution in [3.63, 3.8) is 0 Å². The Morgan fingerprint density at radius 1 is 1.17 bits per heavy atom. The van der Waals surface area contributed by atoms with E-state index in [1.54, 1.807) is 24.3 Å². The Balaban J connectivity index is 1.74. The van der Waals surface area contributed by atoms with Crippen molar-refractivity contribution >= 4 is 28.9 Å². The van der Waals surface area contributed by atoms with Gasteiger partial charge in [-0.05, 0) is 43.0 Å². The average molecular weight is 395 g/mol. The third-order valence-corrected chi connectivity index (χ3v) is 4.65. The molecule has 2 aromatic rings. The van der Waals surface area contributed by atoms with Gasteiger partial charge < -0.3 is 15.4 Å². The molecule has 1 aliphatic carbocycles. The first-order valence-electron chi connectivity index (χ1n) is 9.17. The minimum absolute atomic E-state index is 0.0696. The zero-order valence-electron chi connectivity index (χ0n) is 15.9. The Morgan fingerprint density at radius 2 is 1.90 bits per heavy atom. The number of ether oxygens (including phenoxy) is 1. The van der Waals surface area contributed by atoms with Crippen molar-refractivity contribution in [1.82, 2.24) is 0 Å². The lowest BCUT2D eigenvalue weighted by Crippen LogP contribution is -2.18. The van der Waals surface area contributed by atoms with E-state index in [2.05, 4.69) is 16.7 Å². The Labute approximate surface area is 167 Å². The highest BCUT2D eigenvalue weighted by atomic mass is 16.6. The van der Waals surface area contributed by atoms with Crippen LogP contribution >= 0.6 is 0 Å². The molecule has 1 atom stereocenters. The molecule has 1 unspecified atom stereocenters. The molecule has 0 fully saturated rings. The van der Waals surface area contributed by atoms with Gasteiger partial charge in [0, 0.05) is 18.1 Å². The first kappa shape index (κ1) is 20.1. The Bertz CT molecular complexity index is 971. The van der Waals surface area contributed by atoms with E-state index in [1.165, 1.54) is 19.2 Å². The Hall–Kier alpha value is -3.68. The van der Waals surface area contributed by atoms with Crippen LogP contribution in [0.4, 0.5) is 17.1 Å². The van der Waals surface area contributed by atoms with Gasteiger partial charge >= 0.3 is 5.69 Å². The zero-order valence-corrected chi connectivity index (χ0v) is 15.9. The summed E-state index contributed by atoms with van der Waals surface area (Å²) in [6, 6.07) is 10.8. The SMILES string of the molecule is COc1ccc(C(=O)Nc2ccccc2NC(=O)CC2C=CCC2)cc1[N+](=O)[O-]. The number of carbonyl (C=O) groups is 2. The molecule has 2 N–H and O–H groups in total. The zero-order chi connectivity index (χ0) is 20.8. The number of hydrogen-bond donors (Lipinski definition) is 2. The van der Waals surface area contributed by atoms with Gasteiger partial charge in [0.25, 0.3) is 5.91 Å². The van der Waals surface area contributed by atoms with Crippen LogP contribution in [0.2, 0.25) is 0 Å². The quantitative estimate of drug-likeness (QED) is 0.416. The summed E-state index contributed by atoms with van der Waals surface area (Å²) in [6.07, 6.45) is 6.44. The van der Waals surface area contributed by atoms with E-state index in [4.69, 9.17) is 4.74 Å². The molecule has 0 aromatic heterocycles. The summed E-state index contributed by atoms with van der Waals surface area (Å²) < 4.78 is 4.95. The third kappa shape index (κ3) is 4.98. The fourth-order valence-corrected chi connectivity index (χ4v) is 3.17. The van der Waals surface area contributed by atoms with Crippen LogP contribution in [-0.2, 0) is 4.79 Å². The summed E-state index contributed by atoms with van der Waals surface area (Å²) >= 11 is 0. The van der Waals surface area contributed by atoms with Crippen LogP contribution in [0.25, 0.3) is 0 Å². The molecule has 29 heavy (non-hydrogen) atoms. The summed E-state index contributed by atoms with van der Waals surface area (Å²) in [7, 11) is 1.32. The monoisotopic (exact) mass is 395 g/mol. The maximum absolute atomic E-state index is 12.6. The number of nitrogens with one attached hydrogen (secondary N) is 2. The van der Waals surface area contributed by atoms with Gasteiger partial charge in [0.15, 0.2) is 5.75 Å². The molecule has 8 heteroatoms. The summed E-state index contributed by atoms with van der Waals surface area (Å²) in [5.41, 5.74) is 0.684. The van der Waals surface area contributed by atoms with Gasteiger partial charge in [0.1, 0.15) is 0 Å². The van der Waals surface area contributed by atoms with E-state index < -0.39 is 10.8 Å². The van der Waals surface area contributed by atoms with Crippen LogP contribution in [0.15, 0.2) is 54.6 Å². The first-order chi connectivity index (χ1) is 14.0. The molecule has 8 nitrogen and oxygen atoms in total. The number of allylic oxidation sites excluding steroid dienone is 2. The van der Waals surface area contributed by atoms with Crippen molar-refractivity contribution in [1.29, 1.82) is 0 Å². The molecule has 1 aliphatic rings. The van der Waals surface area contributed by atoms with Gasteiger partial charge in [0.05, 0.1) is 23.4 Å². The number of anilines is 2. The first-order valence-corrected chi connectivity index (χ1v) is 9.17. The lowest BCUT2D eigenvalue weighted by Gasteiger charge is -2.14. The number of carbonyl (C=O) groups excluding carboxylic acids is 2. The fraction of sp³-hybridized carbons (Fsp3) is 0.238. The van der Waals surface area contributed by atoms with Crippen molar-refractivity contribution in [3.05, 3.63) is 70.3 Å². The van der Waals surface area contributed by atoms with Crippen LogP contribution < -0.4 is 15.4 Å². The van der Waals surface area contributed by atoms with E-state index in [-0.39, 0.29) is 28.8 Å². The molecular formula is C21H21N3O5. The molecule has 150 valence electrons. The van der Waals surface area contributed by atoms with E-state index in [0.717, 1.165) is 18.9 Å². The highest BCUT2D eigenvalue weighted by Crippen LogP contribution is 2.29. The number of nitro groups is 1. The second-order valence-corrected chi connectivity index (χ2v) is 6.66. The van der Waals surface area contributed by atoms with Crippen molar-refractivity contribution in [2.24, 2.45) is 5.92 Å². The van der Waals surface area contributed by atoms with Gasteiger partial charge in [-0.2, -0.15) is 0 Å². The number of nitro benzene ring substituents is 1. The van der Waals surface area contributed by atoms with Gasteiger partial charge in [-0.3, -0.25) is 19.7 Å². The van der Waals surface area contributed by atoms with E-state index in [9.17, 15) is 19.7 Å². The van der Waals surface area contributed by atoms with Crippen molar-refractivity contribution in [2.45, 2.75) is 19.3 Å². The standard InChI is InChI=1S/C21H21N3O5/c1-29-19-11-10-15(13-18(19)24(27)28)21(26)23-17-9-5-4-8-16(17)22-20(25)12-14-6-2-3-7-14/h2,4-6,8-11,13-14H,3,7,12H2,1H3,(H,22,25)(H,23,26). The number of nitrogens with zero attached hydrogens (tertiary/aromatic N) is 1. The highest BCUT2D eigenvalue weighted by molar-refractivity contribution is 6.07. The smallest absolute Gasteiger partial charge is 0.311 e. The van der Waals surface area contributed by atoms with E-state index >= 15 is 0 Å². The van der Waals surface area contributed by atoms with Gasteiger partial charge in [-0.15, -0.1) is 0 Å². The van der Waals surface area contributed by atoms with Gasteiger partial charge in [0.2, 0.25) is 5.91 Å². The van der Waals surface area contributed by atoms with Crippen molar-refractivity contribution in [3.8, 4) is 5.75 Å². The summed E-state index contributed by atoms with van der Waals surface area (Å²) in [5, 5.41) is 16.7. The number of rotatable bonds is 7.